The highest BCUT2D eigenvalue weighted by molar-refractivity contribution is 5.80. The number of para-hydroxylation sites is 1. The number of fused-ring (bicyclic) bond motifs is 1. The van der Waals surface area contributed by atoms with Crippen molar-refractivity contribution in [2.24, 2.45) is 5.73 Å². The quantitative estimate of drug-likeness (QED) is 0.657. The minimum absolute atomic E-state index is 0.0972. The number of nitrogens with one attached hydrogen (secondary N) is 1. The van der Waals surface area contributed by atoms with Gasteiger partial charge in [0.1, 0.15) is 0 Å². The van der Waals surface area contributed by atoms with Crippen LogP contribution in [0.4, 0.5) is 0 Å². The van der Waals surface area contributed by atoms with E-state index in [-0.39, 0.29) is 13.0 Å². The minimum atomic E-state index is -0.730. The predicted molar refractivity (Wildman–Crippen MR) is 75.0 cm³/mol. The summed E-state index contributed by atoms with van der Waals surface area (Å²) in [6.07, 6.45) is 1.71. The van der Waals surface area contributed by atoms with Crippen LogP contribution in [0, 0.1) is 0 Å². The fraction of sp³-hybridized carbons (Fsp3) is 0.357. The highest BCUT2D eigenvalue weighted by Gasteiger charge is 2.01. The summed E-state index contributed by atoms with van der Waals surface area (Å²) in [5.74, 6) is -0.730. The zero-order valence-electron chi connectivity index (χ0n) is 10.8. The van der Waals surface area contributed by atoms with Crippen LogP contribution in [-0.4, -0.2) is 34.3 Å². The van der Waals surface area contributed by atoms with Crippen molar-refractivity contribution in [3.8, 4) is 0 Å². The van der Waals surface area contributed by atoms with Crippen molar-refractivity contribution in [3.63, 3.8) is 0 Å². The van der Waals surface area contributed by atoms with Gasteiger partial charge in [-0.15, -0.1) is 0 Å². The molecule has 0 amide bonds. The highest BCUT2D eigenvalue weighted by atomic mass is 16.4. The summed E-state index contributed by atoms with van der Waals surface area (Å²) >= 11 is 0. The van der Waals surface area contributed by atoms with Crippen molar-refractivity contribution >= 4 is 16.9 Å². The monoisotopic (exact) mass is 264 g/mol. The molecule has 0 radical (unpaired) electrons. The Kier molecular flexibility index (Phi) is 6.63. The van der Waals surface area contributed by atoms with Crippen molar-refractivity contribution in [2.45, 2.75) is 19.3 Å². The maximum atomic E-state index is 10.4. The second-order valence-corrected chi connectivity index (χ2v) is 4.14. The van der Waals surface area contributed by atoms with Crippen molar-refractivity contribution in [1.29, 1.82) is 0 Å². The molecule has 2 rings (SSSR count). The van der Waals surface area contributed by atoms with Gasteiger partial charge in [-0.1, -0.05) is 18.2 Å². The third-order valence-electron chi connectivity index (χ3n) is 2.55. The number of carbonyl (C=O) groups is 1. The SMILES string of the molecule is NCCO.O=C(O)CCCc1cc2ccccc2[nH]1. The van der Waals surface area contributed by atoms with Crippen LogP contribution < -0.4 is 5.73 Å². The molecule has 0 aliphatic carbocycles. The summed E-state index contributed by atoms with van der Waals surface area (Å²) in [5.41, 5.74) is 7.00. The Morgan fingerprint density at radius 3 is 2.58 bits per heavy atom. The molecular weight excluding hydrogens is 244 g/mol. The Bertz CT molecular complexity index is 473. The Morgan fingerprint density at radius 2 is 2.00 bits per heavy atom. The summed E-state index contributed by atoms with van der Waals surface area (Å²) in [4.78, 5) is 13.6. The van der Waals surface area contributed by atoms with E-state index in [0.29, 0.717) is 13.0 Å². The van der Waals surface area contributed by atoms with Gasteiger partial charge in [-0.25, -0.2) is 0 Å². The summed E-state index contributed by atoms with van der Waals surface area (Å²) in [6.45, 7) is 0.472. The number of hydrogen-bond donors (Lipinski definition) is 4. The zero-order chi connectivity index (χ0) is 14.1. The van der Waals surface area contributed by atoms with E-state index in [9.17, 15) is 4.79 Å². The topological polar surface area (TPSA) is 99.3 Å². The first-order valence-corrected chi connectivity index (χ1v) is 6.26. The molecule has 0 unspecified atom stereocenters. The predicted octanol–water partition coefficient (Wildman–Crippen LogP) is 1.51. The maximum Gasteiger partial charge on any atom is 0.303 e. The third kappa shape index (κ3) is 5.54. The molecule has 1 heterocycles. The lowest BCUT2D eigenvalue weighted by Gasteiger charge is -1.94. The van der Waals surface area contributed by atoms with E-state index in [0.717, 1.165) is 17.6 Å². The van der Waals surface area contributed by atoms with E-state index < -0.39 is 5.97 Å². The first-order chi connectivity index (χ1) is 9.17. The molecule has 104 valence electrons. The number of aromatic nitrogens is 1. The summed E-state index contributed by atoms with van der Waals surface area (Å²) < 4.78 is 0. The number of benzene rings is 1. The van der Waals surface area contributed by atoms with Gasteiger partial charge < -0.3 is 20.9 Å². The average Bonchev–Trinajstić information content (AvgIpc) is 2.81. The van der Waals surface area contributed by atoms with Crippen molar-refractivity contribution in [1.82, 2.24) is 4.98 Å². The summed E-state index contributed by atoms with van der Waals surface area (Å²) in [6, 6.07) is 10.1. The molecule has 19 heavy (non-hydrogen) atoms. The van der Waals surface area contributed by atoms with Gasteiger partial charge in [0.25, 0.3) is 0 Å². The molecule has 5 heteroatoms. The van der Waals surface area contributed by atoms with Crippen LogP contribution in [0.5, 0.6) is 0 Å². The molecule has 0 bridgehead atoms. The van der Waals surface area contributed by atoms with Gasteiger partial charge in [-0.2, -0.15) is 0 Å². The van der Waals surface area contributed by atoms with E-state index in [1.54, 1.807) is 0 Å². The van der Waals surface area contributed by atoms with Crippen molar-refractivity contribution in [3.05, 3.63) is 36.0 Å². The van der Waals surface area contributed by atoms with E-state index in [1.165, 1.54) is 5.39 Å². The lowest BCUT2D eigenvalue weighted by Crippen LogP contribution is -2.02. The van der Waals surface area contributed by atoms with Crippen LogP contribution in [0.2, 0.25) is 0 Å². The lowest BCUT2D eigenvalue weighted by atomic mass is 10.2. The number of aliphatic hydroxyl groups is 1. The Morgan fingerprint density at radius 1 is 1.32 bits per heavy atom. The molecule has 0 saturated carbocycles. The van der Waals surface area contributed by atoms with Gasteiger partial charge in [0.05, 0.1) is 6.61 Å². The molecule has 5 N–H and O–H groups in total. The van der Waals surface area contributed by atoms with Crippen LogP contribution in [0.25, 0.3) is 10.9 Å². The van der Waals surface area contributed by atoms with Gasteiger partial charge >= 0.3 is 5.97 Å². The van der Waals surface area contributed by atoms with Crippen molar-refractivity contribution in [2.75, 3.05) is 13.2 Å². The van der Waals surface area contributed by atoms with Crippen molar-refractivity contribution < 1.29 is 15.0 Å². The largest absolute Gasteiger partial charge is 0.481 e. The number of aliphatic carboxylic acids is 1. The number of carboxylic acid groups (broad SMARTS) is 1. The fourth-order valence-corrected chi connectivity index (χ4v) is 1.70. The van der Waals surface area contributed by atoms with Crippen LogP contribution in [0.3, 0.4) is 0 Å². The summed E-state index contributed by atoms with van der Waals surface area (Å²) in [7, 11) is 0. The van der Waals surface area contributed by atoms with E-state index in [4.69, 9.17) is 15.9 Å². The van der Waals surface area contributed by atoms with Gasteiger partial charge in [0, 0.05) is 24.2 Å². The molecule has 0 aliphatic heterocycles. The molecule has 1 aromatic heterocycles. The molecular formula is C14H20N2O3. The number of H-pyrrole nitrogens is 1. The molecule has 5 nitrogen and oxygen atoms in total. The number of rotatable bonds is 5. The van der Waals surface area contributed by atoms with Crippen LogP contribution in [0.15, 0.2) is 30.3 Å². The average molecular weight is 264 g/mol. The number of aliphatic hydroxyl groups excluding tert-OH is 1. The molecule has 0 spiro atoms. The number of nitrogens with two attached hydrogens (primary N) is 1. The molecule has 0 atom stereocenters. The van der Waals surface area contributed by atoms with Crippen LogP contribution in [-0.2, 0) is 11.2 Å². The second-order valence-electron chi connectivity index (χ2n) is 4.14. The molecule has 1 aromatic carbocycles. The maximum absolute atomic E-state index is 10.4. The Hall–Kier alpha value is -1.85. The first kappa shape index (κ1) is 15.2. The Labute approximate surface area is 112 Å². The third-order valence-corrected chi connectivity index (χ3v) is 2.55. The fourth-order valence-electron chi connectivity index (χ4n) is 1.70. The van der Waals surface area contributed by atoms with Crippen LogP contribution >= 0.6 is 0 Å². The van der Waals surface area contributed by atoms with E-state index >= 15 is 0 Å². The number of hydrogen-bond acceptors (Lipinski definition) is 3. The number of aromatic amines is 1. The molecule has 0 saturated heterocycles. The van der Waals surface area contributed by atoms with Gasteiger partial charge in [-0.3, -0.25) is 4.79 Å². The van der Waals surface area contributed by atoms with Gasteiger partial charge in [0.15, 0.2) is 0 Å². The summed E-state index contributed by atoms with van der Waals surface area (Å²) in [5, 5.41) is 17.5. The first-order valence-electron chi connectivity index (χ1n) is 6.26. The molecule has 2 aromatic rings. The van der Waals surface area contributed by atoms with Gasteiger partial charge in [0.2, 0.25) is 0 Å². The lowest BCUT2D eigenvalue weighted by molar-refractivity contribution is -0.137. The molecule has 0 fully saturated rings. The van der Waals surface area contributed by atoms with Gasteiger partial charge in [-0.05, 0) is 30.4 Å². The molecule has 0 aliphatic rings. The normalized spacial score (nSPS) is 10.0. The number of aryl methyl sites for hydroxylation is 1. The van der Waals surface area contributed by atoms with E-state index in [2.05, 4.69) is 11.1 Å². The smallest absolute Gasteiger partial charge is 0.303 e. The standard InChI is InChI=1S/C12H13NO2.C2H7NO/c14-12(15)7-3-5-10-8-9-4-1-2-6-11(9)13-10;3-1-2-4/h1-2,4,6,8,13H,3,5,7H2,(H,14,15);4H,1-3H2. The second kappa shape index (κ2) is 8.29. The van der Waals surface area contributed by atoms with Crippen LogP contribution in [0.1, 0.15) is 18.5 Å². The Balaban J connectivity index is 0.000000399. The zero-order valence-corrected chi connectivity index (χ0v) is 10.8. The van der Waals surface area contributed by atoms with E-state index in [1.807, 2.05) is 24.3 Å². The minimum Gasteiger partial charge on any atom is -0.481 e. The number of carboxylic acids is 1. The highest BCUT2D eigenvalue weighted by Crippen LogP contribution is 2.15.